The van der Waals surface area contributed by atoms with Crippen LogP contribution in [-0.2, 0) is 28.6 Å². The monoisotopic (exact) mass is 850 g/mol. The number of carboxylic acids is 1. The van der Waals surface area contributed by atoms with E-state index in [1.807, 2.05) is 21.1 Å². The Hall–Kier alpha value is -1.93. The third kappa shape index (κ3) is 41.4. The normalized spacial score (nSPS) is 12.9. The maximum absolute atomic E-state index is 12.8. The molecule has 0 saturated heterocycles. The molecule has 0 aromatic heterocycles. The Morgan fingerprint density at radius 1 is 0.483 bits per heavy atom. The number of hydrogen-bond donors (Lipinski definition) is 0. The van der Waals surface area contributed by atoms with Crippen molar-refractivity contribution >= 4 is 17.9 Å². The smallest absolute Gasteiger partial charge is 0.306 e. The van der Waals surface area contributed by atoms with Gasteiger partial charge in [0.2, 0.25) is 0 Å². The highest BCUT2D eigenvalue weighted by Gasteiger charge is 2.25. The van der Waals surface area contributed by atoms with Crippen molar-refractivity contribution in [3.05, 3.63) is 12.2 Å². The molecule has 0 N–H and O–H groups in total. The van der Waals surface area contributed by atoms with Gasteiger partial charge >= 0.3 is 11.9 Å². The largest absolute Gasteiger partial charge is 0.544 e. The first-order valence-corrected chi connectivity index (χ1v) is 25.7. The standard InChI is InChI=1S/C52H99NO7/c1-6-8-10-12-14-16-18-20-22-23-24-25-26-27-29-30-32-34-36-38-40-42-50(54)59-47-48(46-58-45-44-49(52(56)57)53(3,4)5)60-51(55)43-41-39-37-35-33-31-28-21-19-17-15-13-11-9-7-2/h21,28,48-49H,6-20,22-27,29-47H2,1-5H3/b28-21-. The second-order valence-corrected chi connectivity index (χ2v) is 18.8. The summed E-state index contributed by atoms with van der Waals surface area (Å²) >= 11 is 0. The lowest BCUT2D eigenvalue weighted by atomic mass is 10.0. The van der Waals surface area contributed by atoms with Gasteiger partial charge in [-0.1, -0.05) is 206 Å². The molecule has 0 bridgehead atoms. The van der Waals surface area contributed by atoms with Gasteiger partial charge in [-0.3, -0.25) is 9.59 Å². The van der Waals surface area contributed by atoms with Gasteiger partial charge < -0.3 is 28.6 Å². The van der Waals surface area contributed by atoms with Gasteiger partial charge in [0.25, 0.3) is 0 Å². The van der Waals surface area contributed by atoms with Gasteiger partial charge in [0.15, 0.2) is 6.10 Å². The van der Waals surface area contributed by atoms with E-state index in [1.165, 1.54) is 167 Å². The molecule has 0 aromatic rings. The fourth-order valence-corrected chi connectivity index (χ4v) is 7.89. The number of aliphatic carboxylic acids is 1. The minimum absolute atomic E-state index is 0.0433. The van der Waals surface area contributed by atoms with E-state index in [2.05, 4.69) is 26.0 Å². The molecule has 8 heteroatoms. The van der Waals surface area contributed by atoms with E-state index in [9.17, 15) is 19.5 Å². The van der Waals surface area contributed by atoms with Crippen LogP contribution in [0.4, 0.5) is 0 Å². The molecule has 0 spiro atoms. The molecule has 0 fully saturated rings. The number of quaternary nitrogens is 1. The highest BCUT2D eigenvalue weighted by atomic mass is 16.6. The molecular weight excluding hydrogens is 751 g/mol. The maximum atomic E-state index is 12.8. The first kappa shape index (κ1) is 58.1. The number of rotatable bonds is 47. The Bertz CT molecular complexity index is 993. The predicted molar refractivity (Wildman–Crippen MR) is 250 cm³/mol. The molecule has 0 aliphatic heterocycles. The van der Waals surface area contributed by atoms with Crippen LogP contribution in [0.15, 0.2) is 12.2 Å². The second kappa shape index (κ2) is 43.7. The summed E-state index contributed by atoms with van der Waals surface area (Å²) in [5.41, 5.74) is 0. The van der Waals surface area contributed by atoms with Crippen molar-refractivity contribution in [2.24, 2.45) is 0 Å². The summed E-state index contributed by atoms with van der Waals surface area (Å²) < 4.78 is 17.2. The van der Waals surface area contributed by atoms with Gasteiger partial charge in [0.1, 0.15) is 12.6 Å². The van der Waals surface area contributed by atoms with Gasteiger partial charge in [0, 0.05) is 19.3 Å². The molecule has 2 atom stereocenters. The van der Waals surface area contributed by atoms with Crippen LogP contribution < -0.4 is 5.11 Å². The number of carbonyl (C=O) groups excluding carboxylic acids is 3. The van der Waals surface area contributed by atoms with E-state index in [0.717, 1.165) is 51.4 Å². The molecular formula is C52H99NO7. The summed E-state index contributed by atoms with van der Waals surface area (Å²) in [5, 5.41) is 11.6. The molecule has 0 aliphatic carbocycles. The van der Waals surface area contributed by atoms with Crippen molar-refractivity contribution in [1.29, 1.82) is 0 Å². The van der Waals surface area contributed by atoms with Crippen LogP contribution in [0, 0.1) is 0 Å². The lowest BCUT2D eigenvalue weighted by Gasteiger charge is -2.34. The van der Waals surface area contributed by atoms with Crippen molar-refractivity contribution in [2.75, 3.05) is 41.0 Å². The zero-order valence-electron chi connectivity index (χ0n) is 40.4. The number of unbranched alkanes of at least 4 members (excludes halogenated alkanes) is 31. The number of ether oxygens (including phenoxy) is 3. The molecule has 8 nitrogen and oxygen atoms in total. The average molecular weight is 850 g/mol. The van der Waals surface area contributed by atoms with Gasteiger partial charge in [-0.05, 0) is 38.5 Å². The summed E-state index contributed by atoms with van der Waals surface area (Å²) in [6, 6.07) is -0.723. The molecule has 354 valence electrons. The molecule has 2 unspecified atom stereocenters. The van der Waals surface area contributed by atoms with Gasteiger partial charge in [0.05, 0.1) is 40.3 Å². The third-order valence-electron chi connectivity index (χ3n) is 11.9. The van der Waals surface area contributed by atoms with Crippen LogP contribution in [-0.4, -0.2) is 75.5 Å². The number of carboxylic acid groups (broad SMARTS) is 1. The number of carbonyl (C=O) groups is 3. The number of hydrogen-bond acceptors (Lipinski definition) is 7. The van der Waals surface area contributed by atoms with Gasteiger partial charge in [-0.15, -0.1) is 0 Å². The number of likely N-dealkylation sites (N-methyl/N-ethyl adjacent to an activating group) is 1. The average Bonchev–Trinajstić information content (AvgIpc) is 3.21. The van der Waals surface area contributed by atoms with E-state index in [-0.39, 0.29) is 42.7 Å². The van der Waals surface area contributed by atoms with Gasteiger partial charge in [-0.25, -0.2) is 0 Å². The third-order valence-corrected chi connectivity index (χ3v) is 11.9. The first-order valence-electron chi connectivity index (χ1n) is 25.7. The zero-order valence-corrected chi connectivity index (χ0v) is 40.4. The Morgan fingerprint density at radius 3 is 1.20 bits per heavy atom. The first-order chi connectivity index (χ1) is 29.1. The van der Waals surface area contributed by atoms with Crippen molar-refractivity contribution in [3.63, 3.8) is 0 Å². The van der Waals surface area contributed by atoms with Crippen molar-refractivity contribution < 1.29 is 38.2 Å². The number of esters is 2. The Labute approximate surface area is 371 Å². The molecule has 60 heavy (non-hydrogen) atoms. The van der Waals surface area contributed by atoms with E-state index in [1.54, 1.807) is 0 Å². The fraction of sp³-hybridized carbons (Fsp3) is 0.904. The number of allylic oxidation sites excluding steroid dienone is 2. The molecule has 0 saturated carbocycles. The van der Waals surface area contributed by atoms with E-state index >= 15 is 0 Å². The van der Waals surface area contributed by atoms with Crippen molar-refractivity contribution in [2.45, 2.75) is 264 Å². The molecule has 0 aliphatic rings. The van der Waals surface area contributed by atoms with Crippen LogP contribution in [0.25, 0.3) is 0 Å². The topological polar surface area (TPSA) is 102 Å². The van der Waals surface area contributed by atoms with Crippen molar-refractivity contribution in [1.82, 2.24) is 0 Å². The quantitative estimate of drug-likeness (QED) is 0.0260. The Morgan fingerprint density at radius 2 is 0.833 bits per heavy atom. The van der Waals surface area contributed by atoms with Crippen LogP contribution in [0.5, 0.6) is 0 Å². The summed E-state index contributed by atoms with van der Waals surface area (Å²) in [5.74, 6) is -1.73. The van der Waals surface area contributed by atoms with Crippen LogP contribution in [0.3, 0.4) is 0 Å². The highest BCUT2D eigenvalue weighted by molar-refractivity contribution is 5.70. The maximum Gasteiger partial charge on any atom is 0.306 e. The van der Waals surface area contributed by atoms with Gasteiger partial charge in [-0.2, -0.15) is 0 Å². The summed E-state index contributed by atoms with van der Waals surface area (Å²) in [6.45, 7) is 4.69. The van der Waals surface area contributed by atoms with Crippen LogP contribution in [0.2, 0.25) is 0 Å². The molecule has 0 amide bonds. The van der Waals surface area contributed by atoms with Crippen LogP contribution >= 0.6 is 0 Å². The molecule has 0 radical (unpaired) electrons. The summed E-state index contributed by atoms with van der Waals surface area (Å²) in [7, 11) is 5.42. The van der Waals surface area contributed by atoms with E-state index in [4.69, 9.17) is 14.2 Å². The lowest BCUT2D eigenvalue weighted by molar-refractivity contribution is -0.889. The van der Waals surface area contributed by atoms with Crippen LogP contribution in [0.1, 0.15) is 251 Å². The van der Waals surface area contributed by atoms with Crippen molar-refractivity contribution in [3.8, 4) is 0 Å². The molecule has 0 rings (SSSR count). The SMILES string of the molecule is CCCCCCCC/C=C\CCCCCCCC(=O)OC(COCCC(C(=O)[O-])[N+](C)(C)C)COC(=O)CCCCCCCCCCCCCCCCCCCCCCC. The zero-order chi connectivity index (χ0) is 44.2. The lowest BCUT2D eigenvalue weighted by Crippen LogP contribution is -2.55. The summed E-state index contributed by atoms with van der Waals surface area (Å²) in [6.07, 6.45) is 48.1. The minimum atomic E-state index is -1.12. The Kier molecular flexibility index (Phi) is 42.3. The highest BCUT2D eigenvalue weighted by Crippen LogP contribution is 2.16. The van der Waals surface area contributed by atoms with E-state index in [0.29, 0.717) is 12.8 Å². The Balaban J connectivity index is 4.18. The molecule has 0 aromatic carbocycles. The van der Waals surface area contributed by atoms with E-state index < -0.39 is 18.1 Å². The minimum Gasteiger partial charge on any atom is -0.544 e. The molecule has 0 heterocycles. The summed E-state index contributed by atoms with van der Waals surface area (Å²) in [4.78, 5) is 37.0. The second-order valence-electron chi connectivity index (χ2n) is 18.8. The predicted octanol–water partition coefficient (Wildman–Crippen LogP) is 13.3. The number of nitrogens with zero attached hydrogens (tertiary/aromatic N) is 1. The fourth-order valence-electron chi connectivity index (χ4n) is 7.89.